The Morgan fingerprint density at radius 3 is 2.25 bits per heavy atom. The summed E-state index contributed by atoms with van der Waals surface area (Å²) in [6.45, 7) is -0.543. The second kappa shape index (κ2) is 11.1. The number of likely N-dealkylation sites (N-methyl/N-ethyl adjacent to an activating group) is 1. The van der Waals surface area contributed by atoms with Gasteiger partial charge in [0, 0.05) is 18.7 Å². The number of fused-ring (bicyclic) bond motifs is 1. The van der Waals surface area contributed by atoms with Crippen LogP contribution in [0.4, 0.5) is 37.4 Å². The van der Waals surface area contributed by atoms with Gasteiger partial charge in [-0.15, -0.1) is 10.1 Å². The van der Waals surface area contributed by atoms with Gasteiger partial charge in [-0.3, -0.25) is 0 Å². The molecular weight excluding hydrogens is 596 g/mol. The summed E-state index contributed by atoms with van der Waals surface area (Å²) in [5.41, 5.74) is -2.87. The highest BCUT2D eigenvalue weighted by atomic mass is 32.5. The van der Waals surface area contributed by atoms with Crippen LogP contribution in [-0.2, 0) is 30.3 Å². The summed E-state index contributed by atoms with van der Waals surface area (Å²) in [4.78, 5) is 37.1. The minimum Gasteiger partial charge on any atom is -0.475 e. The topological polar surface area (TPSA) is 127 Å². The predicted molar refractivity (Wildman–Crippen MR) is 120 cm³/mol. The summed E-state index contributed by atoms with van der Waals surface area (Å²) in [6.07, 6.45) is -9.89. The summed E-state index contributed by atoms with van der Waals surface area (Å²) in [5.74, 6) is -2.61. The maximum atomic E-state index is 13.6. The number of carbonyl (C=O) groups excluding carboxylic acids is 2. The van der Waals surface area contributed by atoms with E-state index in [2.05, 4.69) is 19.0 Å². The number of benzene rings is 1. The highest BCUT2D eigenvalue weighted by Crippen LogP contribution is 3.02. The average molecular weight is 618 g/mol. The first kappa shape index (κ1) is 32.7. The standard InChI is InChI=1S/C20H22F8N2O9S/c1-3-12-8-14(40(24,25,26,27)28)9-13-10-15(17(20(21,22)23)39-16(12)13)18(31)36-11-37-19(32)35-6-4-29(2)5-7-38-30(33)34/h8-10,17H,3-7,11H2,1-2H3. The molecule has 0 saturated heterocycles. The normalized spacial score (nSPS) is 17.0. The monoisotopic (exact) mass is 618 g/mol. The molecule has 0 N–H and O–H groups in total. The number of halogens is 8. The average Bonchev–Trinajstić information content (AvgIpc) is 2.80. The fraction of sp³-hybridized carbons (Fsp3) is 0.500. The molecule has 1 aliphatic heterocycles. The van der Waals surface area contributed by atoms with E-state index in [1.807, 2.05) is 0 Å². The van der Waals surface area contributed by atoms with Crippen molar-refractivity contribution in [2.45, 2.75) is 30.5 Å². The Balaban J connectivity index is 2.11. The van der Waals surface area contributed by atoms with Gasteiger partial charge < -0.3 is 28.7 Å². The molecule has 2 rings (SSSR count). The molecule has 1 atom stereocenters. The minimum atomic E-state index is -10.3. The van der Waals surface area contributed by atoms with Gasteiger partial charge in [0.1, 0.15) is 23.9 Å². The van der Waals surface area contributed by atoms with E-state index in [0.717, 1.165) is 0 Å². The van der Waals surface area contributed by atoms with Gasteiger partial charge in [0.2, 0.25) is 12.9 Å². The third-order valence-electron chi connectivity index (χ3n) is 5.09. The van der Waals surface area contributed by atoms with Gasteiger partial charge >= 0.3 is 28.5 Å². The molecule has 0 bridgehead atoms. The molecule has 0 saturated carbocycles. The Morgan fingerprint density at radius 1 is 1.07 bits per heavy atom. The van der Waals surface area contributed by atoms with Gasteiger partial charge in [-0.05, 0) is 37.2 Å². The van der Waals surface area contributed by atoms with Gasteiger partial charge in [-0.2, -0.15) is 13.2 Å². The van der Waals surface area contributed by atoms with Crippen LogP contribution in [-0.4, -0.2) is 74.5 Å². The first-order valence-electron chi connectivity index (χ1n) is 10.9. The molecule has 0 aromatic heterocycles. The molecule has 0 spiro atoms. The zero-order valence-corrected chi connectivity index (χ0v) is 21.4. The van der Waals surface area contributed by atoms with E-state index >= 15 is 0 Å². The Bertz CT molecular complexity index is 1180. The van der Waals surface area contributed by atoms with Crippen LogP contribution in [0.5, 0.6) is 5.75 Å². The number of hydrogen-bond acceptors (Lipinski definition) is 10. The van der Waals surface area contributed by atoms with E-state index in [9.17, 15) is 52.3 Å². The SMILES string of the molecule is CCc1cc(S(F)(F)(F)(F)F)cc2c1OC(C(F)(F)F)C(C(=O)OCOC(=O)OCCN(C)CCO[N+](=O)[O-])=C2. The summed E-state index contributed by atoms with van der Waals surface area (Å²) >= 11 is 0. The first-order chi connectivity index (χ1) is 18.1. The maximum absolute atomic E-state index is 13.6. The van der Waals surface area contributed by atoms with Crippen LogP contribution in [0.1, 0.15) is 18.1 Å². The van der Waals surface area contributed by atoms with Gasteiger partial charge in [-0.1, -0.05) is 26.4 Å². The summed E-state index contributed by atoms with van der Waals surface area (Å²) < 4.78 is 126. The molecule has 20 heteroatoms. The first-order valence-corrected chi connectivity index (χ1v) is 12.9. The molecule has 0 aliphatic carbocycles. The molecule has 1 aromatic carbocycles. The highest BCUT2D eigenvalue weighted by molar-refractivity contribution is 8.45. The van der Waals surface area contributed by atoms with Crippen LogP contribution in [0.15, 0.2) is 22.6 Å². The molecule has 228 valence electrons. The number of esters is 1. The van der Waals surface area contributed by atoms with E-state index in [-0.39, 0.29) is 44.5 Å². The zero-order valence-electron chi connectivity index (χ0n) is 20.6. The molecule has 1 aromatic rings. The van der Waals surface area contributed by atoms with Crippen molar-refractivity contribution in [1.29, 1.82) is 0 Å². The van der Waals surface area contributed by atoms with Crippen molar-refractivity contribution in [3.63, 3.8) is 0 Å². The number of rotatable bonds is 12. The van der Waals surface area contributed by atoms with E-state index in [4.69, 9.17) is 4.74 Å². The quantitative estimate of drug-likeness (QED) is 0.0987. The lowest BCUT2D eigenvalue weighted by atomic mass is 9.98. The molecule has 40 heavy (non-hydrogen) atoms. The molecule has 1 aliphatic rings. The third kappa shape index (κ3) is 9.28. The molecule has 1 heterocycles. The fourth-order valence-electron chi connectivity index (χ4n) is 3.18. The molecule has 11 nitrogen and oxygen atoms in total. The van der Waals surface area contributed by atoms with Crippen molar-refractivity contribution in [2.24, 2.45) is 0 Å². The van der Waals surface area contributed by atoms with Crippen molar-refractivity contribution in [1.82, 2.24) is 4.90 Å². The second-order valence-electron chi connectivity index (χ2n) is 8.12. The van der Waals surface area contributed by atoms with Crippen molar-refractivity contribution < 1.29 is 71.1 Å². The Kier molecular flexibility index (Phi) is 9.10. The molecule has 0 fully saturated rings. The summed E-state index contributed by atoms with van der Waals surface area (Å²) in [6, 6.07) is -0.146. The highest BCUT2D eigenvalue weighted by Gasteiger charge is 2.66. The fourth-order valence-corrected chi connectivity index (χ4v) is 3.89. The number of alkyl halides is 3. The predicted octanol–water partition coefficient (Wildman–Crippen LogP) is 5.41. The van der Waals surface area contributed by atoms with E-state index in [1.54, 1.807) is 0 Å². The second-order valence-corrected chi connectivity index (χ2v) is 10.5. The smallest absolute Gasteiger partial charge is 0.475 e. The van der Waals surface area contributed by atoms with Crippen molar-refractivity contribution in [2.75, 3.05) is 40.1 Å². The molecule has 0 radical (unpaired) electrons. The molecule has 1 unspecified atom stereocenters. The van der Waals surface area contributed by atoms with Crippen LogP contribution in [0.3, 0.4) is 0 Å². The van der Waals surface area contributed by atoms with Crippen LogP contribution in [0.25, 0.3) is 6.08 Å². The Morgan fingerprint density at radius 2 is 1.70 bits per heavy atom. The van der Waals surface area contributed by atoms with Crippen LogP contribution in [0, 0.1) is 10.1 Å². The van der Waals surface area contributed by atoms with Gasteiger partial charge in [0.25, 0.3) is 5.09 Å². The minimum absolute atomic E-state index is 0.0113. The van der Waals surface area contributed by atoms with Crippen LogP contribution in [0.2, 0.25) is 0 Å². The summed E-state index contributed by atoms with van der Waals surface area (Å²) in [5, 5.41) is 9.06. The van der Waals surface area contributed by atoms with Crippen molar-refractivity contribution >= 4 is 28.4 Å². The van der Waals surface area contributed by atoms with Crippen LogP contribution < -0.4 is 4.74 Å². The largest absolute Gasteiger partial charge is 0.511 e. The van der Waals surface area contributed by atoms with E-state index in [1.165, 1.54) is 18.9 Å². The molecule has 0 amide bonds. The van der Waals surface area contributed by atoms with Crippen molar-refractivity contribution in [3.8, 4) is 5.75 Å². The van der Waals surface area contributed by atoms with Gasteiger partial charge in [0.05, 0.1) is 5.57 Å². The Hall–Kier alpha value is -3.55. The van der Waals surface area contributed by atoms with Gasteiger partial charge in [-0.25, -0.2) is 9.59 Å². The number of nitrogens with zero attached hydrogens (tertiary/aromatic N) is 2. The zero-order chi connectivity index (χ0) is 30.6. The lowest BCUT2D eigenvalue weighted by Crippen LogP contribution is -2.41. The Labute approximate surface area is 220 Å². The summed E-state index contributed by atoms with van der Waals surface area (Å²) in [7, 11) is -8.76. The lowest BCUT2D eigenvalue weighted by molar-refractivity contribution is -0.757. The number of carbonyl (C=O) groups is 2. The lowest BCUT2D eigenvalue weighted by Gasteiger charge is -2.41. The van der Waals surface area contributed by atoms with E-state index in [0.29, 0.717) is 0 Å². The van der Waals surface area contributed by atoms with Crippen molar-refractivity contribution in [3.05, 3.63) is 38.9 Å². The van der Waals surface area contributed by atoms with Crippen LogP contribution >= 0.6 is 10.2 Å². The number of hydrogen-bond donors (Lipinski definition) is 0. The maximum Gasteiger partial charge on any atom is 0.511 e. The number of aryl methyl sites for hydroxylation is 1. The molecular formula is C20H22F8N2O9S. The van der Waals surface area contributed by atoms with E-state index < -0.39 is 80.3 Å². The number of ether oxygens (including phenoxy) is 4. The third-order valence-corrected chi connectivity index (χ3v) is 6.21. The van der Waals surface area contributed by atoms with Gasteiger partial charge in [0.15, 0.2) is 0 Å².